The first kappa shape index (κ1) is 13.3. The number of benzene rings is 1. The van der Waals surface area contributed by atoms with E-state index in [4.69, 9.17) is 10.5 Å². The van der Waals surface area contributed by atoms with Crippen molar-refractivity contribution in [2.24, 2.45) is 0 Å². The zero-order valence-electron chi connectivity index (χ0n) is 10.5. The number of nitrogens with zero attached hydrogens (tertiary/aromatic N) is 1. The second kappa shape index (κ2) is 4.85. The second-order valence-electron chi connectivity index (χ2n) is 4.82. The highest BCUT2D eigenvalue weighted by Gasteiger charge is 2.33. The number of hydrogen-bond donors (Lipinski definition) is 2. The summed E-state index contributed by atoms with van der Waals surface area (Å²) in [7, 11) is 0. The summed E-state index contributed by atoms with van der Waals surface area (Å²) in [5.41, 5.74) is 4.65. The van der Waals surface area contributed by atoms with E-state index in [0.717, 1.165) is 0 Å². The molecule has 1 atom stereocenters. The summed E-state index contributed by atoms with van der Waals surface area (Å²) >= 11 is 0. The molecule has 102 valence electrons. The summed E-state index contributed by atoms with van der Waals surface area (Å²) in [6, 6.07) is 4.31. The number of nitrogen functional groups attached to an aromatic ring is 1. The van der Waals surface area contributed by atoms with E-state index < -0.39 is 16.4 Å². The van der Waals surface area contributed by atoms with Gasteiger partial charge in [-0.2, -0.15) is 0 Å². The maximum atomic E-state index is 12.2. The highest BCUT2D eigenvalue weighted by atomic mass is 16.6. The van der Waals surface area contributed by atoms with E-state index in [1.54, 1.807) is 0 Å². The van der Waals surface area contributed by atoms with E-state index in [9.17, 15) is 14.9 Å². The van der Waals surface area contributed by atoms with Crippen molar-refractivity contribution in [3.05, 3.63) is 33.9 Å². The Kier molecular flexibility index (Phi) is 3.39. The summed E-state index contributed by atoms with van der Waals surface area (Å²) < 4.78 is 5.22. The smallest absolute Gasteiger partial charge is 0.304 e. The number of carbonyl (C=O) groups excluding carboxylic acids is 1. The van der Waals surface area contributed by atoms with Gasteiger partial charge in [-0.25, -0.2) is 0 Å². The number of para-hydroxylation sites is 1. The SMILES string of the molecule is CC1(NC(=O)c2cccc(N)c2[N+](=O)[O-])CCOC1. The summed E-state index contributed by atoms with van der Waals surface area (Å²) in [6.45, 7) is 2.81. The molecule has 1 unspecified atom stereocenters. The Morgan fingerprint density at radius 1 is 1.58 bits per heavy atom. The van der Waals surface area contributed by atoms with Crippen LogP contribution in [0.4, 0.5) is 11.4 Å². The average molecular weight is 265 g/mol. The lowest BCUT2D eigenvalue weighted by atomic mass is 10.0. The number of carbonyl (C=O) groups is 1. The van der Waals surface area contributed by atoms with Gasteiger partial charge in [0.15, 0.2) is 0 Å². The van der Waals surface area contributed by atoms with Crippen molar-refractivity contribution in [3.8, 4) is 0 Å². The number of nitrogens with one attached hydrogen (secondary N) is 1. The van der Waals surface area contributed by atoms with Gasteiger partial charge in [-0.05, 0) is 25.5 Å². The molecule has 1 aliphatic rings. The van der Waals surface area contributed by atoms with E-state index in [1.165, 1.54) is 18.2 Å². The van der Waals surface area contributed by atoms with Crippen molar-refractivity contribution in [3.63, 3.8) is 0 Å². The van der Waals surface area contributed by atoms with Crippen LogP contribution in [-0.2, 0) is 4.74 Å². The number of nitro groups is 1. The summed E-state index contributed by atoms with van der Waals surface area (Å²) in [5, 5.41) is 13.8. The number of amides is 1. The first-order valence-corrected chi connectivity index (χ1v) is 5.86. The Morgan fingerprint density at radius 2 is 2.32 bits per heavy atom. The number of nitro benzene ring substituents is 1. The molecule has 1 aliphatic heterocycles. The molecule has 3 N–H and O–H groups in total. The number of anilines is 1. The molecule has 1 aromatic rings. The Bertz CT molecular complexity index is 524. The third-order valence-electron chi connectivity index (χ3n) is 3.13. The highest BCUT2D eigenvalue weighted by molar-refractivity contribution is 6.00. The van der Waals surface area contributed by atoms with Crippen LogP contribution in [0.15, 0.2) is 18.2 Å². The summed E-state index contributed by atoms with van der Waals surface area (Å²) in [5.74, 6) is -0.507. The standard InChI is InChI=1S/C12H15N3O4/c1-12(5-6-19-7-12)14-11(16)8-3-2-4-9(13)10(8)15(17)18/h2-4H,5-7,13H2,1H3,(H,14,16). The molecule has 2 rings (SSSR count). The molecule has 0 aromatic heterocycles. The molecule has 0 bridgehead atoms. The third-order valence-corrected chi connectivity index (χ3v) is 3.13. The Labute approximate surface area is 109 Å². The van der Waals surface area contributed by atoms with Crippen molar-refractivity contribution in [1.29, 1.82) is 0 Å². The number of rotatable bonds is 3. The molecule has 19 heavy (non-hydrogen) atoms. The van der Waals surface area contributed by atoms with Gasteiger partial charge in [-0.1, -0.05) is 6.07 Å². The van der Waals surface area contributed by atoms with Gasteiger partial charge in [-0.3, -0.25) is 14.9 Å². The van der Waals surface area contributed by atoms with Gasteiger partial charge in [0, 0.05) is 6.61 Å². The van der Waals surface area contributed by atoms with E-state index in [-0.39, 0.29) is 16.9 Å². The molecule has 0 spiro atoms. The topological polar surface area (TPSA) is 107 Å². The molecule has 0 radical (unpaired) electrons. The molecule has 1 aromatic carbocycles. The normalized spacial score (nSPS) is 22.2. The van der Waals surface area contributed by atoms with Gasteiger partial charge in [0.25, 0.3) is 5.91 Å². The van der Waals surface area contributed by atoms with Crippen LogP contribution in [0.5, 0.6) is 0 Å². The monoisotopic (exact) mass is 265 g/mol. The fourth-order valence-electron chi connectivity index (χ4n) is 2.06. The van der Waals surface area contributed by atoms with Crippen LogP contribution in [0.3, 0.4) is 0 Å². The van der Waals surface area contributed by atoms with Gasteiger partial charge in [0.1, 0.15) is 11.3 Å². The Morgan fingerprint density at radius 3 is 2.89 bits per heavy atom. The minimum absolute atomic E-state index is 0.0227. The van der Waals surface area contributed by atoms with Crippen LogP contribution >= 0.6 is 0 Å². The summed E-state index contributed by atoms with van der Waals surface area (Å²) in [4.78, 5) is 22.5. The Balaban J connectivity index is 2.29. The minimum atomic E-state index is -0.641. The quantitative estimate of drug-likeness (QED) is 0.483. The van der Waals surface area contributed by atoms with Crippen LogP contribution in [0.2, 0.25) is 0 Å². The number of nitrogens with two attached hydrogens (primary N) is 1. The lowest BCUT2D eigenvalue weighted by molar-refractivity contribution is -0.384. The zero-order valence-corrected chi connectivity index (χ0v) is 10.5. The third kappa shape index (κ3) is 2.65. The predicted molar refractivity (Wildman–Crippen MR) is 68.8 cm³/mol. The number of hydrogen-bond acceptors (Lipinski definition) is 5. The lowest BCUT2D eigenvalue weighted by Crippen LogP contribution is -2.46. The van der Waals surface area contributed by atoms with Gasteiger partial charge >= 0.3 is 5.69 Å². The fraction of sp³-hybridized carbons (Fsp3) is 0.417. The van der Waals surface area contributed by atoms with Crippen LogP contribution in [0, 0.1) is 10.1 Å². The van der Waals surface area contributed by atoms with Gasteiger partial charge in [0.2, 0.25) is 0 Å². The van der Waals surface area contributed by atoms with Gasteiger partial charge in [0.05, 0.1) is 17.1 Å². The van der Waals surface area contributed by atoms with Crippen molar-refractivity contribution in [2.45, 2.75) is 18.9 Å². The molecule has 7 heteroatoms. The molecular formula is C12H15N3O4. The van der Waals surface area contributed by atoms with Crippen LogP contribution in [-0.4, -0.2) is 29.6 Å². The molecule has 1 amide bonds. The lowest BCUT2D eigenvalue weighted by Gasteiger charge is -2.23. The van der Waals surface area contributed by atoms with Crippen molar-refractivity contribution in [2.75, 3.05) is 18.9 Å². The van der Waals surface area contributed by atoms with Crippen LogP contribution < -0.4 is 11.1 Å². The Hall–Kier alpha value is -2.15. The highest BCUT2D eigenvalue weighted by Crippen LogP contribution is 2.27. The fourth-order valence-corrected chi connectivity index (χ4v) is 2.06. The van der Waals surface area contributed by atoms with E-state index >= 15 is 0 Å². The molecular weight excluding hydrogens is 250 g/mol. The maximum absolute atomic E-state index is 12.2. The van der Waals surface area contributed by atoms with Gasteiger partial charge in [-0.15, -0.1) is 0 Å². The predicted octanol–water partition coefficient (Wildman–Crippen LogP) is 1.09. The van der Waals surface area contributed by atoms with Gasteiger partial charge < -0.3 is 15.8 Å². The zero-order chi connectivity index (χ0) is 14.0. The van der Waals surface area contributed by atoms with Crippen molar-refractivity contribution >= 4 is 17.3 Å². The molecule has 1 heterocycles. The van der Waals surface area contributed by atoms with Crippen molar-refractivity contribution < 1.29 is 14.5 Å². The molecule has 7 nitrogen and oxygen atoms in total. The molecule has 0 aliphatic carbocycles. The molecule has 0 saturated carbocycles. The first-order valence-electron chi connectivity index (χ1n) is 5.86. The largest absolute Gasteiger partial charge is 0.393 e. The van der Waals surface area contributed by atoms with E-state index in [1.807, 2.05) is 6.92 Å². The maximum Gasteiger partial charge on any atom is 0.304 e. The number of ether oxygens (including phenoxy) is 1. The summed E-state index contributed by atoms with van der Waals surface area (Å²) in [6.07, 6.45) is 0.675. The minimum Gasteiger partial charge on any atom is -0.393 e. The van der Waals surface area contributed by atoms with E-state index in [0.29, 0.717) is 19.6 Å². The van der Waals surface area contributed by atoms with Crippen LogP contribution in [0.25, 0.3) is 0 Å². The first-order chi connectivity index (χ1) is 8.93. The molecule has 1 saturated heterocycles. The van der Waals surface area contributed by atoms with Crippen LogP contribution in [0.1, 0.15) is 23.7 Å². The average Bonchev–Trinajstić information content (AvgIpc) is 2.74. The van der Waals surface area contributed by atoms with Crippen molar-refractivity contribution in [1.82, 2.24) is 5.32 Å². The van der Waals surface area contributed by atoms with E-state index in [2.05, 4.69) is 5.32 Å². The molecule has 1 fully saturated rings. The second-order valence-corrected chi connectivity index (χ2v) is 4.82.